The second kappa shape index (κ2) is 30.2. The molecule has 4 heterocycles. The molecular weight excluding hydrogens is 1350 g/mol. The quantitative estimate of drug-likeness (QED) is 0.100. The first-order valence-corrected chi connectivity index (χ1v) is 38.7. The predicted octanol–water partition coefficient (Wildman–Crippen LogP) is 19.0. The van der Waals surface area contributed by atoms with Crippen molar-refractivity contribution in [3.8, 4) is 22.3 Å². The first-order valence-electron chi connectivity index (χ1n) is 37.9. The lowest BCUT2D eigenvalue weighted by molar-refractivity contribution is 0.670. The Bertz CT molecular complexity index is 5960. The molecule has 18 aromatic rings. The summed E-state index contributed by atoms with van der Waals surface area (Å²) in [6.07, 6.45) is 0. The number of anilines is 6. The summed E-state index contributed by atoms with van der Waals surface area (Å²) in [7, 11) is 0. The lowest BCUT2D eigenvalue weighted by atomic mass is 9.37. The molecule has 0 aliphatic carbocycles. The highest BCUT2D eigenvalue weighted by Gasteiger charge is 2.58. The second-order valence-corrected chi connectivity index (χ2v) is 29.2. The fraction of sp³-hybridized carbons (Fsp3) is 0. The molecule has 0 saturated carbocycles. The zero-order chi connectivity index (χ0) is 73.1. The van der Waals surface area contributed by atoms with E-state index >= 15 is 0 Å². The Kier molecular flexibility index (Phi) is 18.5. The van der Waals surface area contributed by atoms with Crippen LogP contribution < -0.4 is 61.1 Å². The summed E-state index contributed by atoms with van der Waals surface area (Å²) >= 11 is 1.88. The van der Waals surface area contributed by atoms with Gasteiger partial charge in [0.25, 0.3) is 0 Å². The molecule has 2 aromatic heterocycles. The van der Waals surface area contributed by atoms with E-state index in [-0.39, 0.29) is 41.9 Å². The Morgan fingerprint density at radius 2 is 0.491 bits per heavy atom. The Balaban J connectivity index is 0.000000149. The number of furan rings is 1. The van der Waals surface area contributed by atoms with Crippen LogP contribution in [0.4, 0.5) is 34.1 Å². The fourth-order valence-electron chi connectivity index (χ4n) is 17.0. The first-order chi connectivity index (χ1) is 54.7. The van der Waals surface area contributed by atoms with Crippen molar-refractivity contribution in [1.29, 1.82) is 0 Å². The number of rotatable bonds is 14. The van der Waals surface area contributed by atoms with E-state index in [1.54, 1.807) is 0 Å². The van der Waals surface area contributed by atoms with Crippen molar-refractivity contribution in [3.05, 3.63) is 437 Å². The number of hydrogen-bond acceptors (Lipinski definition) is 8. The van der Waals surface area contributed by atoms with Crippen molar-refractivity contribution in [2.75, 3.05) is 28.3 Å². The van der Waals surface area contributed by atoms with Gasteiger partial charge in [0.1, 0.15) is 11.2 Å². The van der Waals surface area contributed by atoms with Crippen LogP contribution in [0, 0.1) is 0 Å². The molecule has 0 radical (unpaired) electrons. The minimum Gasteiger partial charge on any atom is -0.455 e. The number of para-hydroxylation sites is 6. The van der Waals surface area contributed by atoms with Gasteiger partial charge in [0.2, 0.25) is 0 Å². The highest BCUT2D eigenvalue weighted by Crippen LogP contribution is 2.43. The van der Waals surface area contributed by atoms with Crippen LogP contribution in [-0.2, 0) is 0 Å². The molecule has 2 saturated heterocycles. The van der Waals surface area contributed by atoms with Crippen molar-refractivity contribution in [2.45, 2.75) is 0 Å². The van der Waals surface area contributed by atoms with Crippen molar-refractivity contribution in [2.24, 2.45) is 0 Å². The van der Waals surface area contributed by atoms with E-state index in [1.807, 2.05) is 23.5 Å². The second-order valence-electron chi connectivity index (χ2n) is 28.2. The molecule has 0 atom stereocenters. The van der Waals surface area contributed by atoms with Gasteiger partial charge < -0.3 is 32.7 Å². The van der Waals surface area contributed by atoms with Crippen molar-refractivity contribution < 1.29 is 4.42 Å². The van der Waals surface area contributed by atoms with Gasteiger partial charge in [-0.3, -0.25) is 0 Å². The first kappa shape index (κ1) is 67.3. The number of nitrogens with zero attached hydrogens (tertiary/aromatic N) is 6. The van der Waals surface area contributed by atoms with Gasteiger partial charge in [0.15, 0.2) is 0 Å². The summed E-state index contributed by atoms with van der Waals surface area (Å²) in [5.41, 5.74) is 20.6. The summed E-state index contributed by atoms with van der Waals surface area (Å²) in [4.78, 5) is 0. The van der Waals surface area contributed by atoms with Gasteiger partial charge in [-0.2, -0.15) is 0 Å². The molecule has 14 heteroatoms. The molecule has 0 N–H and O–H groups in total. The molecule has 0 spiro atoms. The average molecular weight is 1420 g/mol. The van der Waals surface area contributed by atoms with Crippen molar-refractivity contribution in [3.63, 3.8) is 0 Å². The Hall–Kier alpha value is -13.3. The molecule has 0 bridgehead atoms. The largest absolute Gasteiger partial charge is 0.455 e. The Labute approximate surface area is 649 Å². The van der Waals surface area contributed by atoms with E-state index in [2.05, 4.69) is 453 Å². The zero-order valence-electron chi connectivity index (χ0n) is 60.5. The molecule has 0 unspecified atom stereocenters. The smallest absolute Gasteiger partial charge is 0.388 e. The number of hydrogen-bond donors (Lipinski definition) is 0. The molecule has 7 nitrogen and oxygen atoms in total. The van der Waals surface area contributed by atoms with Crippen LogP contribution >= 0.6 is 11.3 Å². The maximum Gasteiger partial charge on any atom is 0.388 e. The topological polar surface area (TPSA) is 32.6 Å². The summed E-state index contributed by atoms with van der Waals surface area (Å²) in [6.45, 7) is -1.08. The van der Waals surface area contributed by atoms with Gasteiger partial charge in [-0.25, -0.2) is 0 Å². The summed E-state index contributed by atoms with van der Waals surface area (Å²) in [6, 6.07) is 158. The van der Waals surface area contributed by atoms with Gasteiger partial charge >= 0.3 is 41.9 Å². The predicted molar refractivity (Wildman–Crippen MR) is 476 cm³/mol. The number of fused-ring (bicyclic) bond motifs is 6. The highest BCUT2D eigenvalue weighted by molar-refractivity contribution is 7.26. The van der Waals surface area contributed by atoms with E-state index in [0.717, 1.165) is 67.2 Å². The summed E-state index contributed by atoms with van der Waals surface area (Å²) < 4.78 is 24.8. The minimum atomic E-state index is -0.191. The van der Waals surface area contributed by atoms with Gasteiger partial charge in [-0.05, 0) is 134 Å². The van der Waals surface area contributed by atoms with E-state index in [4.69, 9.17) is 4.42 Å². The molecule has 2 aliphatic rings. The fourth-order valence-corrected chi connectivity index (χ4v) is 18.2. The SMILES string of the molecule is c1ccc(B2N(c3ccccc3)B(c3ccccc3)N(c3ccc(-c4cccc5c4oc4ccccc45)cc3)B(c3ccccc3)N2c2ccccc2)cc1.c1ccc(B2N(c3ccccc3)B(c3ccccc3)N(c3cccc(-c4cccc5c4sc4ccccc45)c3)B(c3ccccc3)N2c2ccccc2)cc1. The van der Waals surface area contributed by atoms with Gasteiger partial charge in [-0.1, -0.05) is 352 Å². The van der Waals surface area contributed by atoms with Crippen LogP contribution in [0.1, 0.15) is 0 Å². The van der Waals surface area contributed by atoms with Gasteiger partial charge in [0, 0.05) is 70.6 Å². The normalized spacial score (nSPS) is 13.2. The lowest BCUT2D eigenvalue weighted by Crippen LogP contribution is -2.86. The van der Waals surface area contributed by atoms with Crippen molar-refractivity contribution >= 4 is 162 Å². The minimum absolute atomic E-state index is 0.159. The third-order valence-electron chi connectivity index (χ3n) is 21.7. The summed E-state index contributed by atoms with van der Waals surface area (Å²) in [5.74, 6) is 0. The number of thiophene rings is 1. The van der Waals surface area contributed by atoms with Crippen LogP contribution in [0.2, 0.25) is 0 Å². The molecule has 110 heavy (non-hydrogen) atoms. The zero-order valence-corrected chi connectivity index (χ0v) is 61.3. The van der Waals surface area contributed by atoms with E-state index < -0.39 is 0 Å². The molecule has 2 fully saturated rings. The maximum absolute atomic E-state index is 6.49. The Morgan fingerprint density at radius 3 is 0.891 bits per heavy atom. The van der Waals surface area contributed by atoms with Crippen molar-refractivity contribution in [1.82, 2.24) is 0 Å². The Morgan fingerprint density at radius 1 is 0.200 bits per heavy atom. The molecule has 2 aliphatic heterocycles. The standard InChI is InChI=1S/C48H36B3N3O.C48H36B3N3S/c1-6-19-38(20-7-1)49-52(41-25-12-4-13-26-41)50(39-21-8-2-9-22-39)54(51(40-23-10-3-11-24-40)53(49)42-27-14-5-15-28-42)43-35-33-37(34-36-43)44-30-18-31-46-45-29-16-17-32-47(45)55-48(44)46;1-6-21-38(22-7-1)49-52(41-27-12-4-13-28-41)50(39-23-8-2-9-24-39)54(51(40-25-10-3-11-26-40)53(49)42-29-14-5-15-30-42)43-31-18-20-37(36-43)44-33-19-34-46-45-32-16-17-35-47(45)55-48(44)46/h2*1-36H. The van der Waals surface area contributed by atoms with E-state index in [9.17, 15) is 0 Å². The monoisotopic (exact) mass is 1420 g/mol. The average Bonchev–Trinajstić information content (AvgIpc) is 0.946. The third kappa shape index (κ3) is 12.6. The van der Waals surface area contributed by atoms with Crippen LogP contribution in [0.5, 0.6) is 0 Å². The molecule has 0 amide bonds. The molecule has 16 aromatic carbocycles. The highest BCUT2D eigenvalue weighted by atomic mass is 32.1. The van der Waals surface area contributed by atoms with Gasteiger partial charge in [-0.15, -0.1) is 11.3 Å². The summed E-state index contributed by atoms with van der Waals surface area (Å²) in [5, 5.41) is 4.89. The van der Waals surface area contributed by atoms with E-state index in [0.29, 0.717) is 0 Å². The number of benzene rings is 16. The van der Waals surface area contributed by atoms with E-state index in [1.165, 1.54) is 64.1 Å². The van der Waals surface area contributed by atoms with Crippen LogP contribution in [0.3, 0.4) is 0 Å². The van der Waals surface area contributed by atoms with Crippen LogP contribution in [0.15, 0.2) is 441 Å². The molecular formula is C96H72B6N6OS. The lowest BCUT2D eigenvalue weighted by Gasteiger charge is -2.57. The molecule has 20 rings (SSSR count). The maximum atomic E-state index is 6.49. The van der Waals surface area contributed by atoms with Crippen LogP contribution in [0.25, 0.3) is 64.4 Å². The molecule has 516 valence electrons. The third-order valence-corrected chi connectivity index (χ3v) is 22.9. The van der Waals surface area contributed by atoms with Crippen LogP contribution in [-0.4, -0.2) is 41.9 Å². The van der Waals surface area contributed by atoms with Gasteiger partial charge in [0.05, 0.1) is 0 Å².